The van der Waals surface area contributed by atoms with E-state index in [4.69, 9.17) is 15.2 Å². The van der Waals surface area contributed by atoms with Gasteiger partial charge in [0.1, 0.15) is 5.82 Å². The number of ether oxygens (including phenoxy) is 1. The molecular weight excluding hydrogens is 1050 g/mol. The molecule has 3 heterocycles. The van der Waals surface area contributed by atoms with E-state index >= 15 is 0 Å². The summed E-state index contributed by atoms with van der Waals surface area (Å²) in [6.45, 7) is 31.1. The minimum absolute atomic E-state index is 0. The Morgan fingerprint density at radius 3 is 1.92 bits per heavy atom. The molecule has 5 nitrogen and oxygen atoms in total. The molecule has 6 heteroatoms. The van der Waals surface area contributed by atoms with Crippen LogP contribution in [0, 0.1) is 25.7 Å². The molecule has 2 aromatic heterocycles. The van der Waals surface area contributed by atoms with Crippen LogP contribution in [0.2, 0.25) is 0 Å². The molecule has 0 unspecified atom stereocenters. The number of nitrogens with one attached hydrogen (secondary N) is 1. The van der Waals surface area contributed by atoms with Crippen molar-refractivity contribution in [3.8, 4) is 50.7 Å². The molecule has 9 aromatic rings. The number of hydrogen-bond acceptors (Lipinski definition) is 4. The van der Waals surface area contributed by atoms with Crippen molar-refractivity contribution in [1.82, 2.24) is 9.55 Å². The first-order chi connectivity index (χ1) is 34.8. The van der Waals surface area contributed by atoms with Crippen molar-refractivity contribution in [3.05, 3.63) is 192 Å². The maximum absolute atomic E-state index is 9.08. The summed E-state index contributed by atoms with van der Waals surface area (Å²) < 4.78 is 43.8. The SMILES string of the molecule is [2H]c1c([2H])c([2H])c2c(c1[2H])c1ccc(Oc3[c-]c(N4[CH-]Nc5c(-c6c(-c7ccccc7)cc(C(C)(C)C)cc6-c6cc(C(C)(C)C)cc(C(C)(C)C)c6)cccc54)cc(C)c3)[c-]c1n2-c1cc(C(C)(C)C)ccn1.[Pt]. The predicted octanol–water partition coefficient (Wildman–Crippen LogP) is 17.8. The van der Waals surface area contributed by atoms with Gasteiger partial charge in [0, 0.05) is 61.2 Å². The molecule has 0 radical (unpaired) electrons. The second-order valence-electron chi connectivity index (χ2n) is 23.0. The second-order valence-corrected chi connectivity index (χ2v) is 23.0. The molecule has 10 rings (SSSR count). The Bertz CT molecular complexity index is 3670. The summed E-state index contributed by atoms with van der Waals surface area (Å²) in [7, 11) is 0. The Kier molecular flexibility index (Phi) is 11.5. The summed E-state index contributed by atoms with van der Waals surface area (Å²) >= 11 is 0. The van der Waals surface area contributed by atoms with Crippen molar-refractivity contribution in [2.45, 2.75) is 112 Å². The minimum atomic E-state index is -0.310. The van der Waals surface area contributed by atoms with Crippen molar-refractivity contribution >= 4 is 38.9 Å². The largest absolute Gasteiger partial charge is 0.514 e. The van der Waals surface area contributed by atoms with Crippen LogP contribution in [0.5, 0.6) is 11.5 Å². The molecule has 0 saturated heterocycles. The zero-order valence-corrected chi connectivity index (χ0v) is 45.5. The zero-order valence-electron chi connectivity index (χ0n) is 47.2. The van der Waals surface area contributed by atoms with Crippen LogP contribution in [-0.2, 0) is 42.7 Å². The molecule has 71 heavy (non-hydrogen) atoms. The number of aromatic nitrogens is 2. The third kappa shape index (κ3) is 9.59. The van der Waals surface area contributed by atoms with Crippen molar-refractivity contribution in [1.29, 1.82) is 0 Å². The molecule has 0 spiro atoms. The fourth-order valence-corrected chi connectivity index (χ4v) is 9.47. The predicted molar refractivity (Wildman–Crippen MR) is 295 cm³/mol. The number of hydrogen-bond donors (Lipinski definition) is 1. The molecule has 1 N–H and O–H groups in total. The Labute approximate surface area is 442 Å². The van der Waals surface area contributed by atoms with E-state index in [-0.39, 0.29) is 66.9 Å². The molecule has 0 bridgehead atoms. The van der Waals surface area contributed by atoms with E-state index in [0.29, 0.717) is 39.1 Å². The number of anilines is 3. The van der Waals surface area contributed by atoms with Gasteiger partial charge in [-0.2, -0.15) is 18.3 Å². The van der Waals surface area contributed by atoms with Gasteiger partial charge in [0.25, 0.3) is 0 Å². The van der Waals surface area contributed by atoms with Crippen LogP contribution >= 0.6 is 0 Å². The number of aryl methyl sites for hydroxylation is 1. The minimum Gasteiger partial charge on any atom is -0.514 e. The molecule has 1 aliphatic heterocycles. The maximum atomic E-state index is 9.08. The van der Waals surface area contributed by atoms with Gasteiger partial charge in [-0.25, -0.2) is 4.98 Å². The van der Waals surface area contributed by atoms with Crippen LogP contribution in [0.25, 0.3) is 61.0 Å². The van der Waals surface area contributed by atoms with Gasteiger partial charge in [0.2, 0.25) is 0 Å². The quantitative estimate of drug-likeness (QED) is 0.162. The fourth-order valence-electron chi connectivity index (χ4n) is 9.47. The van der Waals surface area contributed by atoms with Crippen LogP contribution in [0.3, 0.4) is 0 Å². The first kappa shape index (κ1) is 44.5. The Hall–Kier alpha value is -6.42. The molecule has 1 aliphatic rings. The third-order valence-electron chi connectivity index (χ3n) is 13.6. The Morgan fingerprint density at radius 1 is 0.592 bits per heavy atom. The van der Waals surface area contributed by atoms with Crippen molar-refractivity contribution in [2.75, 3.05) is 10.2 Å². The first-order valence-corrected chi connectivity index (χ1v) is 24.4. The molecular formula is C65H65N4OPt-3. The van der Waals surface area contributed by atoms with Crippen LogP contribution in [0.1, 0.15) is 116 Å². The van der Waals surface area contributed by atoms with Crippen LogP contribution in [0.4, 0.5) is 17.1 Å². The average Bonchev–Trinajstić information content (AvgIpc) is 3.94. The summed E-state index contributed by atoms with van der Waals surface area (Å²) in [5.74, 6) is 1.40. The molecule has 0 aliphatic carbocycles. The summed E-state index contributed by atoms with van der Waals surface area (Å²) in [6, 6.07) is 47.1. The first-order valence-electron chi connectivity index (χ1n) is 26.4. The van der Waals surface area contributed by atoms with Gasteiger partial charge >= 0.3 is 0 Å². The number of pyridine rings is 1. The molecule has 0 saturated carbocycles. The van der Waals surface area contributed by atoms with Crippen LogP contribution in [0.15, 0.2) is 146 Å². The van der Waals surface area contributed by atoms with Gasteiger partial charge in [-0.1, -0.05) is 174 Å². The van der Waals surface area contributed by atoms with Gasteiger partial charge in [-0.05, 0) is 113 Å². The van der Waals surface area contributed by atoms with Crippen LogP contribution < -0.4 is 15.0 Å². The van der Waals surface area contributed by atoms with Gasteiger partial charge in [-0.3, -0.25) is 0 Å². The molecule has 364 valence electrons. The number of fused-ring (bicyclic) bond motifs is 4. The van der Waals surface area contributed by atoms with E-state index in [1.807, 2.05) is 37.9 Å². The summed E-state index contributed by atoms with van der Waals surface area (Å²) in [6.07, 6.45) is 1.74. The normalized spacial score (nSPS) is 13.8. The average molecular weight is 1120 g/mol. The van der Waals surface area contributed by atoms with Gasteiger partial charge in [0.15, 0.2) is 0 Å². The van der Waals surface area contributed by atoms with Gasteiger partial charge in [-0.15, -0.1) is 41.4 Å². The van der Waals surface area contributed by atoms with Crippen molar-refractivity contribution < 1.29 is 31.3 Å². The zero-order chi connectivity index (χ0) is 53.0. The summed E-state index contributed by atoms with van der Waals surface area (Å²) in [5, 5.41) is 4.75. The van der Waals surface area contributed by atoms with Crippen molar-refractivity contribution in [2.24, 2.45) is 0 Å². The van der Waals surface area contributed by atoms with E-state index in [2.05, 4.69) is 190 Å². The van der Waals surface area contributed by atoms with Crippen molar-refractivity contribution in [3.63, 3.8) is 0 Å². The van der Waals surface area contributed by atoms with E-state index in [0.717, 1.165) is 44.9 Å². The maximum Gasteiger partial charge on any atom is 0.135 e. The smallest absolute Gasteiger partial charge is 0.135 e. The van der Waals surface area contributed by atoms with E-state index in [1.54, 1.807) is 16.8 Å². The second kappa shape index (κ2) is 18.3. The Morgan fingerprint density at radius 2 is 1.24 bits per heavy atom. The topological polar surface area (TPSA) is 42.3 Å². The number of nitrogens with zero attached hydrogens (tertiary/aromatic N) is 3. The Balaban J connectivity index is 0.00000689. The van der Waals surface area contributed by atoms with E-state index < -0.39 is 0 Å². The van der Waals surface area contributed by atoms with E-state index in [1.165, 1.54) is 33.4 Å². The number of benzene rings is 7. The van der Waals surface area contributed by atoms with Gasteiger partial charge in [0.05, 0.1) is 5.48 Å². The molecule has 0 amide bonds. The van der Waals surface area contributed by atoms with Gasteiger partial charge < -0.3 is 19.5 Å². The van der Waals surface area contributed by atoms with E-state index in [9.17, 15) is 0 Å². The standard InChI is InChI=1S/C65H65N4O.Pt/c1-41-30-48(38-50(31-41)70-49-26-27-52-51-22-17-18-24-56(51)69(58(52)39-49)59-37-44(28-29-66-59)62(2,3)4)68-40-67-61-53(23-19-25-57(61)68)60-54(42-20-15-14-16-21-42)35-47(65(11,12)13)36-55(60)43-32-45(63(5,6)7)34-46(33-43)64(8,9)10;/h14-37,40,67H,1-13H3;/q-3;/i17D,18D,22D,24D;. The van der Waals surface area contributed by atoms with Crippen LogP contribution in [-0.4, -0.2) is 9.55 Å². The summed E-state index contributed by atoms with van der Waals surface area (Å²) in [5.41, 5.74) is 15.9. The molecule has 7 aromatic carbocycles. The third-order valence-corrected chi connectivity index (χ3v) is 13.6. The fraction of sp³-hybridized carbons (Fsp3) is 0.262. The monoisotopic (exact) mass is 1120 g/mol. The number of para-hydroxylation sites is 2. The number of rotatable bonds is 7. The summed E-state index contributed by atoms with van der Waals surface area (Å²) in [4.78, 5) is 6.88. The molecule has 0 fully saturated rings. The molecule has 0 atom stereocenters.